The number of aryl methyl sites for hydroxylation is 1. The van der Waals surface area contributed by atoms with Crippen LogP contribution < -0.4 is 15.5 Å². The van der Waals surface area contributed by atoms with Gasteiger partial charge in [-0.1, -0.05) is 25.1 Å². The Hall–Kier alpha value is -4.50. The van der Waals surface area contributed by atoms with E-state index >= 15 is 0 Å². The first kappa shape index (κ1) is 26.1. The van der Waals surface area contributed by atoms with E-state index in [2.05, 4.69) is 15.6 Å². The number of thiocarbonyl (C=S) groups is 1. The van der Waals surface area contributed by atoms with Gasteiger partial charge in [0, 0.05) is 29.6 Å². The van der Waals surface area contributed by atoms with Gasteiger partial charge in [-0.3, -0.25) is 9.78 Å². The van der Waals surface area contributed by atoms with Crippen LogP contribution in [0, 0.1) is 6.92 Å². The average molecular weight is 541 g/mol. The number of rotatable bonds is 7. The maximum absolute atomic E-state index is 12.1. The van der Waals surface area contributed by atoms with Gasteiger partial charge in [-0.05, 0) is 79.3 Å². The lowest BCUT2D eigenvalue weighted by Crippen LogP contribution is -2.29. The second kappa shape index (κ2) is 11.1. The summed E-state index contributed by atoms with van der Waals surface area (Å²) >= 11 is 5.83. The fraction of sp³-hybridized carbons (Fsp3) is 0.200. The molecule has 3 heterocycles. The molecule has 2 N–H and O–H groups in total. The molecule has 198 valence electrons. The summed E-state index contributed by atoms with van der Waals surface area (Å²) < 4.78 is 11.3. The molecular weight excluding hydrogens is 512 g/mol. The zero-order valence-corrected chi connectivity index (χ0v) is 22.6. The summed E-state index contributed by atoms with van der Waals surface area (Å²) in [5, 5.41) is 6.90. The number of esters is 1. The van der Waals surface area contributed by atoms with Gasteiger partial charge in [-0.2, -0.15) is 0 Å². The van der Waals surface area contributed by atoms with E-state index in [1.165, 1.54) is 7.11 Å². The Bertz CT molecular complexity index is 1530. The van der Waals surface area contributed by atoms with Crippen LogP contribution in [0.2, 0.25) is 0 Å². The second-order valence-electron chi connectivity index (χ2n) is 9.17. The topological polar surface area (TPSA) is 96.7 Å². The molecule has 0 saturated carbocycles. The van der Waals surface area contributed by atoms with Gasteiger partial charge in [-0.15, -0.1) is 0 Å². The lowest BCUT2D eigenvalue weighted by atomic mass is 10.0. The van der Waals surface area contributed by atoms with Crippen molar-refractivity contribution < 1.29 is 18.7 Å². The number of nitrogens with zero attached hydrogens (tertiary/aromatic N) is 2. The minimum atomic E-state index is -0.413. The lowest BCUT2D eigenvalue weighted by molar-refractivity contribution is -0.115. The Morgan fingerprint density at radius 3 is 2.67 bits per heavy atom. The van der Waals surface area contributed by atoms with Crippen molar-refractivity contribution in [2.75, 3.05) is 17.3 Å². The first-order chi connectivity index (χ1) is 18.9. The van der Waals surface area contributed by atoms with Gasteiger partial charge < -0.3 is 24.7 Å². The molecule has 1 amide bonds. The summed E-state index contributed by atoms with van der Waals surface area (Å²) in [5.41, 5.74) is 4.54. The molecule has 1 saturated heterocycles. The number of ether oxygens (including phenoxy) is 1. The maximum atomic E-state index is 12.1. The predicted molar refractivity (Wildman–Crippen MR) is 154 cm³/mol. The Labute approximate surface area is 232 Å². The molecular formula is C30H28N4O4S. The molecule has 0 radical (unpaired) electrons. The highest BCUT2D eigenvalue weighted by molar-refractivity contribution is 7.80. The second-order valence-corrected chi connectivity index (χ2v) is 9.56. The molecule has 4 aromatic rings. The number of methoxy groups -OCH3 is 1. The Morgan fingerprint density at radius 2 is 1.95 bits per heavy atom. The smallest absolute Gasteiger partial charge is 0.337 e. The van der Waals surface area contributed by atoms with Crippen molar-refractivity contribution >= 4 is 40.6 Å². The van der Waals surface area contributed by atoms with Crippen LogP contribution >= 0.6 is 12.2 Å². The molecule has 0 bridgehead atoms. The highest BCUT2D eigenvalue weighted by Crippen LogP contribution is 2.43. The lowest BCUT2D eigenvalue weighted by Gasteiger charge is -2.26. The highest BCUT2D eigenvalue weighted by Gasteiger charge is 2.42. The number of hydrogen-bond acceptors (Lipinski definition) is 6. The van der Waals surface area contributed by atoms with Crippen LogP contribution in [0.15, 0.2) is 83.4 Å². The van der Waals surface area contributed by atoms with Crippen LogP contribution in [-0.4, -0.2) is 29.1 Å². The number of nitrogens with one attached hydrogen (secondary N) is 2. The van der Waals surface area contributed by atoms with E-state index in [0.717, 1.165) is 28.2 Å². The Morgan fingerprint density at radius 1 is 1.10 bits per heavy atom. The van der Waals surface area contributed by atoms with E-state index in [1.807, 2.05) is 73.3 Å². The van der Waals surface area contributed by atoms with Crippen molar-refractivity contribution in [3.63, 3.8) is 0 Å². The molecule has 2 aromatic carbocycles. The zero-order valence-electron chi connectivity index (χ0n) is 21.8. The van der Waals surface area contributed by atoms with E-state index in [4.69, 9.17) is 21.4 Å². The van der Waals surface area contributed by atoms with Crippen LogP contribution in [-0.2, 0) is 9.53 Å². The van der Waals surface area contributed by atoms with Gasteiger partial charge in [0.2, 0.25) is 5.91 Å². The number of pyridine rings is 1. The number of amides is 1. The molecule has 9 heteroatoms. The summed E-state index contributed by atoms with van der Waals surface area (Å²) in [6.07, 6.45) is 2.15. The predicted octanol–water partition coefficient (Wildman–Crippen LogP) is 5.96. The molecule has 2 aromatic heterocycles. The third-order valence-corrected chi connectivity index (χ3v) is 6.98. The number of carbonyl (C=O) groups is 2. The fourth-order valence-corrected chi connectivity index (χ4v) is 5.03. The van der Waals surface area contributed by atoms with Crippen molar-refractivity contribution in [3.05, 3.63) is 102 Å². The van der Waals surface area contributed by atoms with E-state index < -0.39 is 5.97 Å². The Balaban J connectivity index is 1.55. The molecule has 2 atom stereocenters. The van der Waals surface area contributed by atoms with Gasteiger partial charge >= 0.3 is 5.97 Å². The van der Waals surface area contributed by atoms with Crippen LogP contribution in [0.4, 0.5) is 11.4 Å². The monoisotopic (exact) mass is 540 g/mol. The van der Waals surface area contributed by atoms with Crippen molar-refractivity contribution in [2.45, 2.75) is 32.4 Å². The first-order valence-corrected chi connectivity index (χ1v) is 13.0. The van der Waals surface area contributed by atoms with Gasteiger partial charge in [0.25, 0.3) is 0 Å². The molecule has 39 heavy (non-hydrogen) atoms. The third kappa shape index (κ3) is 5.26. The molecule has 1 fully saturated rings. The summed E-state index contributed by atoms with van der Waals surface area (Å²) in [7, 11) is 1.36. The number of benzene rings is 2. The standard InChI is InChI=1S/C30H28N4O4S/c1-4-26(35)32-22-12-11-21(16-18(22)2)34-28(27(33-30(34)39)23-10-5-6-15-31-23)25-14-13-24(38-25)19-8-7-9-20(17-19)29(36)37-3/h5-17,27-28H,4H2,1-3H3,(H,32,35)(H,33,39). The van der Waals surface area contributed by atoms with E-state index in [0.29, 0.717) is 28.6 Å². The minimum absolute atomic E-state index is 0.0447. The van der Waals surface area contributed by atoms with Gasteiger partial charge in [0.05, 0.1) is 24.4 Å². The first-order valence-electron chi connectivity index (χ1n) is 12.6. The number of furan rings is 1. The van der Waals surface area contributed by atoms with Crippen molar-refractivity contribution in [1.29, 1.82) is 0 Å². The van der Waals surface area contributed by atoms with Crippen molar-refractivity contribution in [3.8, 4) is 11.3 Å². The van der Waals surface area contributed by atoms with E-state index in [9.17, 15) is 9.59 Å². The molecule has 2 unspecified atom stereocenters. The number of hydrogen-bond donors (Lipinski definition) is 2. The van der Waals surface area contributed by atoms with Crippen LogP contribution in [0.3, 0.4) is 0 Å². The molecule has 1 aliphatic rings. The molecule has 8 nitrogen and oxygen atoms in total. The quantitative estimate of drug-likeness (QED) is 0.219. The Kier molecular flexibility index (Phi) is 7.42. The maximum Gasteiger partial charge on any atom is 0.337 e. The van der Waals surface area contributed by atoms with Gasteiger partial charge in [0.15, 0.2) is 5.11 Å². The fourth-order valence-electron chi connectivity index (χ4n) is 4.68. The molecule has 1 aliphatic heterocycles. The number of carbonyl (C=O) groups excluding carboxylic acids is 2. The number of anilines is 2. The van der Waals surface area contributed by atoms with E-state index in [-0.39, 0.29) is 18.0 Å². The summed E-state index contributed by atoms with van der Waals surface area (Å²) in [6, 6.07) is 21.9. The SMILES string of the molecule is CCC(=O)Nc1ccc(N2C(=S)NC(c3ccccn3)C2c2ccc(-c3cccc(C(=O)OC)c3)o2)cc1C. The highest BCUT2D eigenvalue weighted by atomic mass is 32.1. The van der Waals surface area contributed by atoms with Crippen molar-refractivity contribution in [1.82, 2.24) is 10.3 Å². The van der Waals surface area contributed by atoms with Gasteiger partial charge in [0.1, 0.15) is 17.6 Å². The average Bonchev–Trinajstić information content (AvgIpc) is 3.59. The van der Waals surface area contributed by atoms with Crippen molar-refractivity contribution in [2.24, 2.45) is 0 Å². The molecule has 0 aliphatic carbocycles. The summed E-state index contributed by atoms with van der Waals surface area (Å²) in [4.78, 5) is 30.6. The molecule has 5 rings (SSSR count). The third-order valence-electron chi connectivity index (χ3n) is 6.67. The minimum Gasteiger partial charge on any atom is -0.465 e. The van der Waals surface area contributed by atoms with E-state index in [1.54, 1.807) is 24.4 Å². The van der Waals surface area contributed by atoms with Gasteiger partial charge in [-0.25, -0.2) is 4.79 Å². The van der Waals surface area contributed by atoms with Crippen LogP contribution in [0.1, 0.15) is 52.8 Å². The van der Waals surface area contributed by atoms with Crippen LogP contribution in [0.5, 0.6) is 0 Å². The number of aromatic nitrogens is 1. The normalized spacial score (nSPS) is 16.6. The van der Waals surface area contributed by atoms with Crippen LogP contribution in [0.25, 0.3) is 11.3 Å². The largest absolute Gasteiger partial charge is 0.465 e. The summed E-state index contributed by atoms with van der Waals surface area (Å²) in [5.74, 6) is 0.834. The summed E-state index contributed by atoms with van der Waals surface area (Å²) in [6.45, 7) is 3.77. The zero-order chi connectivity index (χ0) is 27.5. The molecule has 0 spiro atoms.